The molecule has 1 aromatic heterocycles. The van der Waals surface area contributed by atoms with Crippen LogP contribution in [0, 0.1) is 0 Å². The van der Waals surface area contributed by atoms with Crippen molar-refractivity contribution in [3.63, 3.8) is 0 Å². The number of carbonyl (C=O) groups is 1. The Kier molecular flexibility index (Phi) is 7.22. The van der Waals surface area contributed by atoms with Gasteiger partial charge in [0, 0.05) is 58.6 Å². The number of amides is 2. The lowest BCUT2D eigenvalue weighted by atomic mass is 10.2. The molecule has 0 aliphatic carbocycles. The molecule has 1 aromatic rings. The molecule has 0 aromatic carbocycles. The topological polar surface area (TPSA) is 60.9 Å². The van der Waals surface area contributed by atoms with E-state index in [-0.39, 0.29) is 12.1 Å². The Labute approximate surface area is 156 Å². The van der Waals surface area contributed by atoms with Gasteiger partial charge in [-0.25, -0.2) is 4.79 Å². The molecule has 144 valence electrons. The third-order valence-corrected chi connectivity index (χ3v) is 5.11. The van der Waals surface area contributed by atoms with Gasteiger partial charge in [-0.1, -0.05) is 6.07 Å². The summed E-state index contributed by atoms with van der Waals surface area (Å²) in [7, 11) is 2.15. The summed E-state index contributed by atoms with van der Waals surface area (Å²) in [6, 6.07) is 5.78. The molecule has 3 heterocycles. The smallest absolute Gasteiger partial charge is 0.317 e. The molecule has 2 amide bonds. The Bertz CT molecular complexity index is 542. The van der Waals surface area contributed by atoms with Gasteiger partial charge in [-0.15, -0.1) is 0 Å². The van der Waals surface area contributed by atoms with Gasteiger partial charge in [-0.3, -0.25) is 9.88 Å². The summed E-state index contributed by atoms with van der Waals surface area (Å²) < 4.78 is 5.73. The normalized spacial score (nSPS) is 21.7. The van der Waals surface area contributed by atoms with E-state index in [1.54, 1.807) is 6.20 Å². The molecule has 1 atom stereocenters. The minimum absolute atomic E-state index is 0.0275. The van der Waals surface area contributed by atoms with E-state index in [9.17, 15) is 4.79 Å². The van der Waals surface area contributed by atoms with Crippen LogP contribution in [0.5, 0.6) is 0 Å². The van der Waals surface area contributed by atoms with Gasteiger partial charge in [-0.2, -0.15) is 0 Å². The number of nitrogens with zero attached hydrogens (tertiary/aromatic N) is 4. The van der Waals surface area contributed by atoms with Crippen molar-refractivity contribution in [2.24, 2.45) is 0 Å². The second-order valence-corrected chi connectivity index (χ2v) is 7.21. The fourth-order valence-corrected chi connectivity index (χ4v) is 3.44. The predicted molar refractivity (Wildman–Crippen MR) is 101 cm³/mol. The fourth-order valence-electron chi connectivity index (χ4n) is 3.44. The average molecular weight is 361 g/mol. The Hall–Kier alpha value is -1.70. The number of carbonyl (C=O) groups excluding carboxylic acids is 1. The van der Waals surface area contributed by atoms with Crippen molar-refractivity contribution in [3.05, 3.63) is 30.1 Å². The molecule has 0 radical (unpaired) electrons. The van der Waals surface area contributed by atoms with E-state index in [0.29, 0.717) is 19.6 Å². The number of piperazine rings is 1. The first-order valence-corrected chi connectivity index (χ1v) is 9.66. The van der Waals surface area contributed by atoms with Gasteiger partial charge in [0.25, 0.3) is 0 Å². The van der Waals surface area contributed by atoms with Crippen molar-refractivity contribution in [3.8, 4) is 0 Å². The van der Waals surface area contributed by atoms with Gasteiger partial charge in [0.05, 0.1) is 18.3 Å². The molecular weight excluding hydrogens is 330 g/mol. The number of urea groups is 1. The van der Waals surface area contributed by atoms with Crippen molar-refractivity contribution >= 4 is 6.03 Å². The molecule has 2 aliphatic rings. The maximum atomic E-state index is 12.7. The van der Waals surface area contributed by atoms with E-state index in [2.05, 4.69) is 27.1 Å². The zero-order chi connectivity index (χ0) is 18.2. The van der Waals surface area contributed by atoms with Crippen LogP contribution >= 0.6 is 0 Å². The Balaban J connectivity index is 1.48. The fraction of sp³-hybridized carbons (Fsp3) is 0.684. The van der Waals surface area contributed by atoms with E-state index in [1.165, 1.54) is 0 Å². The van der Waals surface area contributed by atoms with Crippen LogP contribution in [0.25, 0.3) is 0 Å². The number of ether oxygens (including phenoxy) is 1. The molecule has 26 heavy (non-hydrogen) atoms. The van der Waals surface area contributed by atoms with Crippen LogP contribution in [-0.4, -0.2) is 91.3 Å². The van der Waals surface area contributed by atoms with Crippen LogP contribution in [0.4, 0.5) is 4.79 Å². The minimum atomic E-state index is -0.0275. The average Bonchev–Trinajstić information content (AvgIpc) is 3.17. The molecule has 1 N–H and O–H groups in total. The molecule has 0 bridgehead atoms. The highest BCUT2D eigenvalue weighted by atomic mass is 16.5. The molecule has 2 fully saturated rings. The van der Waals surface area contributed by atoms with Gasteiger partial charge < -0.3 is 19.9 Å². The van der Waals surface area contributed by atoms with Crippen LogP contribution in [0.15, 0.2) is 24.4 Å². The first-order chi connectivity index (χ1) is 12.7. The largest absolute Gasteiger partial charge is 0.376 e. The van der Waals surface area contributed by atoms with Gasteiger partial charge in [0.15, 0.2) is 0 Å². The monoisotopic (exact) mass is 361 g/mol. The third kappa shape index (κ3) is 5.93. The summed E-state index contributed by atoms with van der Waals surface area (Å²) in [5.41, 5.74) is 0.903. The van der Waals surface area contributed by atoms with Gasteiger partial charge in [0.2, 0.25) is 0 Å². The number of rotatable bonds is 7. The third-order valence-electron chi connectivity index (χ3n) is 5.11. The Morgan fingerprint density at radius 1 is 1.35 bits per heavy atom. The van der Waals surface area contributed by atoms with Crippen molar-refractivity contribution in [2.45, 2.75) is 25.5 Å². The first kappa shape index (κ1) is 19.1. The van der Waals surface area contributed by atoms with E-state index >= 15 is 0 Å². The number of likely N-dealkylation sites (N-methyl/N-ethyl adjacent to an activating group) is 1. The summed E-state index contributed by atoms with van der Waals surface area (Å²) >= 11 is 0. The number of aromatic nitrogens is 1. The van der Waals surface area contributed by atoms with Crippen LogP contribution in [0.2, 0.25) is 0 Å². The summed E-state index contributed by atoms with van der Waals surface area (Å²) in [5, 5.41) is 3.08. The lowest BCUT2D eigenvalue weighted by Crippen LogP contribution is -2.49. The van der Waals surface area contributed by atoms with E-state index in [4.69, 9.17) is 4.74 Å². The lowest BCUT2D eigenvalue weighted by molar-refractivity contribution is 0.0788. The van der Waals surface area contributed by atoms with Crippen LogP contribution in [0.1, 0.15) is 18.5 Å². The van der Waals surface area contributed by atoms with Crippen molar-refractivity contribution in [2.75, 3.05) is 59.5 Å². The molecule has 3 rings (SSSR count). The zero-order valence-corrected chi connectivity index (χ0v) is 15.8. The van der Waals surface area contributed by atoms with E-state index < -0.39 is 0 Å². The quantitative estimate of drug-likeness (QED) is 0.786. The number of hydrogen-bond donors (Lipinski definition) is 1. The number of nitrogens with one attached hydrogen (secondary N) is 1. The standard InChI is InChI=1S/C19H31N5O2/c1-22-10-12-23(13-11-22)9-8-21-19(25)24(16-18-6-4-14-26-18)15-17-5-2-3-7-20-17/h2-3,5,7,18H,4,6,8-16H2,1H3,(H,21,25)/t18-/m0/s1. The summed E-state index contributed by atoms with van der Waals surface area (Å²) in [6.45, 7) is 7.84. The van der Waals surface area contributed by atoms with Crippen LogP contribution < -0.4 is 5.32 Å². The van der Waals surface area contributed by atoms with Crippen molar-refractivity contribution in [1.82, 2.24) is 25.0 Å². The predicted octanol–water partition coefficient (Wildman–Crippen LogP) is 1.02. The van der Waals surface area contributed by atoms with Crippen LogP contribution in [-0.2, 0) is 11.3 Å². The van der Waals surface area contributed by atoms with Gasteiger partial charge in [0.1, 0.15) is 0 Å². The van der Waals surface area contributed by atoms with Crippen molar-refractivity contribution < 1.29 is 9.53 Å². The SMILES string of the molecule is CN1CCN(CCNC(=O)N(Cc2ccccn2)C[C@@H]2CCCO2)CC1. The maximum absolute atomic E-state index is 12.7. The summed E-state index contributed by atoms with van der Waals surface area (Å²) in [4.78, 5) is 23.7. The molecule has 0 spiro atoms. The molecule has 7 nitrogen and oxygen atoms in total. The van der Waals surface area contributed by atoms with Gasteiger partial charge in [-0.05, 0) is 32.0 Å². The second kappa shape index (κ2) is 9.85. The minimum Gasteiger partial charge on any atom is -0.376 e. The van der Waals surface area contributed by atoms with Gasteiger partial charge >= 0.3 is 6.03 Å². The lowest BCUT2D eigenvalue weighted by Gasteiger charge is -2.32. The highest BCUT2D eigenvalue weighted by molar-refractivity contribution is 5.74. The Morgan fingerprint density at radius 3 is 2.88 bits per heavy atom. The van der Waals surface area contributed by atoms with E-state index in [0.717, 1.165) is 57.9 Å². The molecule has 0 saturated carbocycles. The number of pyridine rings is 1. The van der Waals surface area contributed by atoms with Crippen LogP contribution in [0.3, 0.4) is 0 Å². The summed E-state index contributed by atoms with van der Waals surface area (Å²) in [5.74, 6) is 0. The van der Waals surface area contributed by atoms with E-state index in [1.807, 2.05) is 23.1 Å². The highest BCUT2D eigenvalue weighted by Crippen LogP contribution is 2.14. The zero-order valence-electron chi connectivity index (χ0n) is 15.8. The second-order valence-electron chi connectivity index (χ2n) is 7.21. The molecular formula is C19H31N5O2. The van der Waals surface area contributed by atoms with Crippen molar-refractivity contribution in [1.29, 1.82) is 0 Å². The molecule has 7 heteroatoms. The molecule has 0 unspecified atom stereocenters. The molecule has 2 saturated heterocycles. The summed E-state index contributed by atoms with van der Waals surface area (Å²) in [6.07, 6.45) is 4.01. The highest BCUT2D eigenvalue weighted by Gasteiger charge is 2.23. The first-order valence-electron chi connectivity index (χ1n) is 9.66. The molecule has 2 aliphatic heterocycles. The Morgan fingerprint density at radius 2 is 2.19 bits per heavy atom. The maximum Gasteiger partial charge on any atom is 0.317 e. The number of hydrogen-bond acceptors (Lipinski definition) is 5.